The van der Waals surface area contributed by atoms with E-state index in [9.17, 15) is 9.59 Å². The summed E-state index contributed by atoms with van der Waals surface area (Å²) in [6.07, 6.45) is 19.6. The van der Waals surface area contributed by atoms with E-state index in [-0.39, 0.29) is 40.6 Å². The third-order valence-electron chi connectivity index (χ3n) is 17.8. The summed E-state index contributed by atoms with van der Waals surface area (Å²) < 4.78 is 32.9. The Kier molecular flexibility index (Phi) is 23.6. The molecule has 0 N–H and O–H groups in total. The highest BCUT2D eigenvalue weighted by Gasteiger charge is 2.44. The minimum Gasteiger partial charge on any atom is -0.493 e. The summed E-state index contributed by atoms with van der Waals surface area (Å²) in [5.41, 5.74) is 10.5. The molecule has 9 heteroatoms. The van der Waals surface area contributed by atoms with Crippen molar-refractivity contribution in [3.8, 4) is 28.0 Å². The van der Waals surface area contributed by atoms with E-state index in [2.05, 4.69) is 149 Å². The van der Waals surface area contributed by atoms with Crippen LogP contribution in [-0.4, -0.2) is 61.6 Å². The molecule has 0 saturated heterocycles. The first kappa shape index (κ1) is 63.1. The first-order chi connectivity index (χ1) is 35.8. The number of esters is 2. The van der Waals surface area contributed by atoms with Crippen LogP contribution in [0.15, 0.2) is 78.9 Å². The second kappa shape index (κ2) is 28.4. The molecule has 3 aromatic rings. The van der Waals surface area contributed by atoms with E-state index in [1.54, 1.807) is 13.8 Å². The summed E-state index contributed by atoms with van der Waals surface area (Å²) in [4.78, 5) is 25.1. The Hall–Kier alpha value is -3.77. The Morgan fingerprint density at radius 1 is 0.579 bits per heavy atom. The third kappa shape index (κ3) is 18.4. The van der Waals surface area contributed by atoms with E-state index in [0.717, 1.165) is 54.0 Å². The molecule has 0 bridgehead atoms. The lowest BCUT2D eigenvalue weighted by Crippen LogP contribution is -2.48. The largest absolute Gasteiger partial charge is 0.493 e. The van der Waals surface area contributed by atoms with Gasteiger partial charge >= 0.3 is 11.9 Å². The van der Waals surface area contributed by atoms with E-state index in [1.165, 1.54) is 92.0 Å². The minimum atomic E-state index is -2.11. The van der Waals surface area contributed by atoms with Crippen molar-refractivity contribution in [3.63, 3.8) is 0 Å². The zero-order chi connectivity index (χ0) is 55.9. The summed E-state index contributed by atoms with van der Waals surface area (Å²) in [5.74, 6) is 2.21. The summed E-state index contributed by atoms with van der Waals surface area (Å²) in [6.45, 7) is 41.2. The molecule has 0 spiro atoms. The Morgan fingerprint density at radius 3 is 1.55 bits per heavy atom. The Morgan fingerprint density at radius 2 is 1.08 bits per heavy atom. The highest BCUT2D eigenvalue weighted by Crippen LogP contribution is 2.48. The normalized spacial score (nSPS) is 16.6. The summed E-state index contributed by atoms with van der Waals surface area (Å²) >= 11 is 0. The van der Waals surface area contributed by atoms with Gasteiger partial charge in [0.2, 0.25) is 0 Å². The van der Waals surface area contributed by atoms with E-state index in [1.807, 2.05) is 0 Å². The number of hydrogen-bond donors (Lipinski definition) is 0. The van der Waals surface area contributed by atoms with E-state index >= 15 is 0 Å². The highest BCUT2D eigenvalue weighted by atomic mass is 28.4. The van der Waals surface area contributed by atoms with Gasteiger partial charge in [-0.25, -0.2) is 9.59 Å². The molecule has 0 amide bonds. The van der Waals surface area contributed by atoms with Crippen molar-refractivity contribution in [3.05, 3.63) is 101 Å². The SMILES string of the molecule is C=C(C)C(=O)OCCCc1cc(-c2ccc(-c3ccc(C4CCC(CCCCC)CC4)cc3)cc2C2CC2)cc(CCCOC(=O)C(=C)C)c1OCCC(CCCC)(CO[Si](C)(C)C(C)(C)C)CO[Si](C)(C)C(C)(C)C. The summed E-state index contributed by atoms with van der Waals surface area (Å²) in [6, 6.07) is 21.3. The van der Waals surface area contributed by atoms with Gasteiger partial charge in [-0.3, -0.25) is 0 Å². The lowest BCUT2D eigenvalue weighted by molar-refractivity contribution is -0.139. The second-order valence-corrected chi connectivity index (χ2v) is 36.0. The topological polar surface area (TPSA) is 80.3 Å². The molecule has 0 heterocycles. The zero-order valence-electron chi connectivity index (χ0n) is 50.5. The van der Waals surface area contributed by atoms with Gasteiger partial charge in [0.05, 0.1) is 19.8 Å². The standard InChI is InChI=1S/C67H104O7Si2/c1-17-19-21-24-51-27-29-52(30-28-51)53-31-33-54(34-32-53)56-37-38-60(61(46-56)55-35-36-55)59-44-57(25-22-41-71-63(68)49(3)4)62(58(45-59)26-23-42-72-64(69)50(5)6)70-43-40-67(39-20-18-2,47-73-75(13,14)65(7,8)9)48-74-76(15,16)66(10,11)12/h31-34,37-38,44-46,51-52,55H,3,5,17-30,35-36,39-43,47-48H2,1-2,4,6-16H3. The first-order valence-electron chi connectivity index (χ1n) is 29.8. The van der Waals surface area contributed by atoms with Crippen LogP contribution in [0.4, 0.5) is 0 Å². The second-order valence-electron chi connectivity index (χ2n) is 26.4. The van der Waals surface area contributed by atoms with Gasteiger partial charge in [0.25, 0.3) is 0 Å². The molecule has 0 radical (unpaired) electrons. The van der Waals surface area contributed by atoms with Crippen LogP contribution in [0.3, 0.4) is 0 Å². The quantitative estimate of drug-likeness (QED) is 0.0275. The van der Waals surface area contributed by atoms with Gasteiger partial charge in [-0.15, -0.1) is 0 Å². The van der Waals surface area contributed by atoms with Crippen molar-refractivity contribution in [1.82, 2.24) is 0 Å². The van der Waals surface area contributed by atoms with Crippen molar-refractivity contribution in [2.45, 2.75) is 233 Å². The van der Waals surface area contributed by atoms with E-state index in [4.69, 9.17) is 23.1 Å². The molecule has 5 rings (SSSR count). The van der Waals surface area contributed by atoms with Gasteiger partial charge in [0, 0.05) is 29.8 Å². The van der Waals surface area contributed by atoms with Gasteiger partial charge in [-0.2, -0.15) is 0 Å². The van der Waals surface area contributed by atoms with Crippen molar-refractivity contribution in [2.75, 3.05) is 33.0 Å². The molecular formula is C67H104O7Si2. The summed E-state index contributed by atoms with van der Waals surface area (Å²) in [7, 11) is -4.22. The van der Waals surface area contributed by atoms with Crippen LogP contribution in [0.2, 0.25) is 36.3 Å². The molecule has 2 fully saturated rings. The van der Waals surface area contributed by atoms with Crippen molar-refractivity contribution < 1.29 is 32.7 Å². The van der Waals surface area contributed by atoms with Crippen LogP contribution in [-0.2, 0) is 40.8 Å². The molecule has 0 aromatic heterocycles. The molecule has 2 aliphatic rings. The number of ether oxygens (including phenoxy) is 3. The highest BCUT2D eigenvalue weighted by molar-refractivity contribution is 6.74. The predicted molar refractivity (Wildman–Crippen MR) is 325 cm³/mol. The molecule has 76 heavy (non-hydrogen) atoms. The fourth-order valence-electron chi connectivity index (χ4n) is 10.2. The average Bonchev–Trinajstić information content (AvgIpc) is 4.23. The Bertz CT molecular complexity index is 2270. The van der Waals surface area contributed by atoms with Gasteiger partial charge in [0.1, 0.15) is 5.75 Å². The Labute approximate surface area is 465 Å². The number of hydrogen-bond acceptors (Lipinski definition) is 7. The average molecular weight is 1080 g/mol. The number of aryl methyl sites for hydroxylation is 2. The van der Waals surface area contributed by atoms with Gasteiger partial charge in [-0.05, 0) is 202 Å². The predicted octanol–water partition coefficient (Wildman–Crippen LogP) is 18.8. The van der Waals surface area contributed by atoms with E-state index in [0.29, 0.717) is 68.5 Å². The van der Waals surface area contributed by atoms with Crippen LogP contribution in [0, 0.1) is 11.3 Å². The van der Waals surface area contributed by atoms with Crippen LogP contribution >= 0.6 is 0 Å². The van der Waals surface area contributed by atoms with Crippen LogP contribution in [0.5, 0.6) is 5.75 Å². The van der Waals surface area contributed by atoms with Crippen molar-refractivity contribution in [1.29, 1.82) is 0 Å². The summed E-state index contributed by atoms with van der Waals surface area (Å²) in [5, 5.41) is 0.140. The molecule has 2 aliphatic carbocycles. The first-order valence-corrected chi connectivity index (χ1v) is 35.6. The lowest BCUT2D eigenvalue weighted by Gasteiger charge is -2.44. The molecule has 3 aromatic carbocycles. The van der Waals surface area contributed by atoms with Gasteiger partial charge in [0.15, 0.2) is 16.6 Å². The number of carbonyl (C=O) groups excluding carboxylic acids is 2. The van der Waals surface area contributed by atoms with E-state index < -0.39 is 16.6 Å². The maximum atomic E-state index is 12.6. The van der Waals surface area contributed by atoms with Crippen LogP contribution in [0.1, 0.15) is 206 Å². The molecule has 422 valence electrons. The minimum absolute atomic E-state index is 0.0701. The molecular weight excluding hydrogens is 973 g/mol. The van der Waals surface area contributed by atoms with Crippen LogP contribution in [0.25, 0.3) is 22.3 Å². The van der Waals surface area contributed by atoms with Crippen molar-refractivity contribution in [2.24, 2.45) is 11.3 Å². The third-order valence-corrected chi connectivity index (χ3v) is 26.7. The fourth-order valence-corrected chi connectivity index (χ4v) is 12.4. The monoisotopic (exact) mass is 1080 g/mol. The maximum absolute atomic E-state index is 12.6. The molecule has 0 atom stereocenters. The lowest BCUT2D eigenvalue weighted by atomic mass is 9.77. The number of benzene rings is 3. The fraction of sp³-hybridized carbons (Fsp3) is 0.642. The zero-order valence-corrected chi connectivity index (χ0v) is 52.5. The molecule has 7 nitrogen and oxygen atoms in total. The number of unbranched alkanes of at least 4 members (excludes halogenated alkanes) is 3. The van der Waals surface area contributed by atoms with Gasteiger partial charge < -0.3 is 23.1 Å². The molecule has 0 unspecified atom stereocenters. The number of rotatable bonds is 31. The smallest absolute Gasteiger partial charge is 0.333 e. The Balaban J connectivity index is 1.53. The van der Waals surface area contributed by atoms with Crippen LogP contribution < -0.4 is 4.74 Å². The molecule has 2 saturated carbocycles. The van der Waals surface area contributed by atoms with Crippen molar-refractivity contribution >= 4 is 28.6 Å². The number of carbonyl (C=O) groups is 2. The maximum Gasteiger partial charge on any atom is 0.333 e. The van der Waals surface area contributed by atoms with Gasteiger partial charge in [-0.1, -0.05) is 150 Å². The molecule has 0 aliphatic heterocycles.